The Bertz CT molecular complexity index is 2860. The molecule has 4 aromatic carbocycles. The minimum Gasteiger partial charge on any atom is -0.304 e. The summed E-state index contributed by atoms with van der Waals surface area (Å²) in [7, 11) is 0. The quantitative estimate of drug-likeness (QED) is 0.168. The maximum Gasteiger partial charge on any atom is 0.0772 e. The highest BCUT2D eigenvalue weighted by atomic mass is 15.0. The molecule has 19 rings (SSSR count). The summed E-state index contributed by atoms with van der Waals surface area (Å²) in [5.41, 5.74) is 21.6. The van der Waals surface area contributed by atoms with E-state index < -0.39 is 0 Å². The molecule has 4 aromatic heterocycles. The number of aromatic nitrogens is 3. The molecule has 57 heavy (non-hydrogen) atoms. The molecule has 0 radical (unpaired) electrons. The minimum absolute atomic E-state index is 0.0828. The van der Waals surface area contributed by atoms with E-state index in [1.54, 1.807) is 21.9 Å². The molecule has 11 aliphatic rings. The summed E-state index contributed by atoms with van der Waals surface area (Å²) in [6.07, 6.45) is 13.5. The second-order valence-electron chi connectivity index (χ2n) is 20.4. The topological polar surface area (TPSA) is 30.2 Å². The second kappa shape index (κ2) is 10.2. The SMILES string of the molecule is c1ccc(-c2cc3c4c5c(nc6c4n4c7c(nc8c(c7c(c2)c34)C2CC3CC(CC8C3)C2)C2c3ccccc3C6c3ccccc32)C2CC3CC(C2)CC5C3)cc1. The first-order valence-electron chi connectivity index (χ1n) is 22.6. The van der Waals surface area contributed by atoms with E-state index in [1.807, 2.05) is 0 Å². The average molecular weight is 736 g/mol. The maximum atomic E-state index is 6.25. The standard InChI is InChI=1S/C54H45N3/c1-2-8-30(9-3-1)31-24-40-46-42-32-16-26-14-27(17-32)21-34(20-26)48(42)55-50-44-36-10-4-5-11-37(36)45(39-13-7-6-12-38(39)44)51-54-47(41(25-31)52(40)57(54)53(46)50)43-33-18-28-15-29(19-33)23-35(22-28)49(43)56-51/h1-13,24-29,32-35,44-45H,14-23H2. The molecule has 6 heterocycles. The van der Waals surface area contributed by atoms with Gasteiger partial charge in [-0.3, -0.25) is 9.97 Å². The minimum atomic E-state index is 0.0828. The van der Waals surface area contributed by atoms with E-state index in [0.29, 0.717) is 23.7 Å². The molecule has 4 fully saturated rings. The molecular weight excluding hydrogens is 691 g/mol. The van der Waals surface area contributed by atoms with E-state index in [9.17, 15) is 0 Å². The second-order valence-corrected chi connectivity index (χ2v) is 20.4. The van der Waals surface area contributed by atoms with Crippen LogP contribution in [0.25, 0.3) is 49.2 Å². The zero-order chi connectivity index (χ0) is 36.4. The van der Waals surface area contributed by atoms with Gasteiger partial charge < -0.3 is 4.40 Å². The van der Waals surface area contributed by atoms with E-state index in [0.717, 1.165) is 23.7 Å². The number of hydrogen-bond donors (Lipinski definition) is 0. The first kappa shape index (κ1) is 30.1. The van der Waals surface area contributed by atoms with Crippen molar-refractivity contribution in [2.75, 3.05) is 0 Å². The molecule has 4 saturated carbocycles. The van der Waals surface area contributed by atoms with Crippen LogP contribution in [-0.2, 0) is 0 Å². The number of benzene rings is 4. The van der Waals surface area contributed by atoms with E-state index >= 15 is 0 Å². The third-order valence-corrected chi connectivity index (χ3v) is 17.6. The zero-order valence-corrected chi connectivity index (χ0v) is 32.3. The van der Waals surface area contributed by atoms with Crippen molar-refractivity contribution in [3.05, 3.63) is 147 Å². The number of nitrogens with zero attached hydrogens (tertiary/aromatic N) is 3. The summed E-state index contributed by atoms with van der Waals surface area (Å²) in [4.78, 5) is 12.5. The normalized spacial score (nSPS) is 31.9. The highest BCUT2D eigenvalue weighted by molar-refractivity contribution is 6.27. The van der Waals surface area contributed by atoms with Gasteiger partial charge in [0, 0.05) is 44.8 Å². The van der Waals surface area contributed by atoms with E-state index in [-0.39, 0.29) is 11.8 Å². The van der Waals surface area contributed by atoms with Gasteiger partial charge in [0.1, 0.15) is 0 Å². The lowest BCUT2D eigenvalue weighted by Gasteiger charge is -2.38. The Labute approximate surface area is 332 Å². The molecule has 8 aromatic rings. The van der Waals surface area contributed by atoms with Crippen molar-refractivity contribution < 1.29 is 0 Å². The Morgan fingerprint density at radius 1 is 0.386 bits per heavy atom. The van der Waals surface area contributed by atoms with Gasteiger partial charge in [-0.2, -0.15) is 0 Å². The Kier molecular flexibility index (Phi) is 5.37. The third-order valence-electron chi connectivity index (χ3n) is 17.6. The highest BCUT2D eigenvalue weighted by Crippen LogP contribution is 2.63. The first-order chi connectivity index (χ1) is 28.2. The molecule has 10 bridgehead atoms. The van der Waals surface area contributed by atoms with Crippen molar-refractivity contribution in [3.8, 4) is 11.1 Å². The molecule has 0 spiro atoms. The fraction of sp³-hybridized carbons (Fsp3) is 0.370. The predicted octanol–water partition coefficient (Wildman–Crippen LogP) is 13.1. The van der Waals surface area contributed by atoms with Gasteiger partial charge in [0.25, 0.3) is 0 Å². The molecule has 2 aliphatic heterocycles. The summed E-state index contributed by atoms with van der Waals surface area (Å²) < 4.78 is 2.83. The van der Waals surface area contributed by atoms with Crippen molar-refractivity contribution >= 4 is 38.1 Å². The van der Waals surface area contributed by atoms with Gasteiger partial charge >= 0.3 is 0 Å². The third kappa shape index (κ3) is 3.57. The van der Waals surface area contributed by atoms with E-state index in [4.69, 9.17) is 9.97 Å². The van der Waals surface area contributed by atoms with Gasteiger partial charge in [-0.25, -0.2) is 0 Å². The first-order valence-corrected chi connectivity index (χ1v) is 22.6. The van der Waals surface area contributed by atoms with Gasteiger partial charge in [-0.1, -0.05) is 78.9 Å². The van der Waals surface area contributed by atoms with Crippen LogP contribution < -0.4 is 0 Å². The van der Waals surface area contributed by atoms with E-state index in [1.165, 1.54) is 148 Å². The van der Waals surface area contributed by atoms with E-state index in [2.05, 4.69) is 95.4 Å². The van der Waals surface area contributed by atoms with Crippen molar-refractivity contribution in [3.63, 3.8) is 0 Å². The van der Waals surface area contributed by atoms with Crippen LogP contribution in [0.5, 0.6) is 0 Å². The van der Waals surface area contributed by atoms with Crippen molar-refractivity contribution in [2.24, 2.45) is 23.7 Å². The Morgan fingerprint density at radius 3 is 1.23 bits per heavy atom. The summed E-state index contributed by atoms with van der Waals surface area (Å²) >= 11 is 0. The van der Waals surface area contributed by atoms with Crippen molar-refractivity contribution in [1.29, 1.82) is 0 Å². The van der Waals surface area contributed by atoms with Crippen LogP contribution in [0.2, 0.25) is 0 Å². The molecule has 4 atom stereocenters. The van der Waals surface area contributed by atoms with Gasteiger partial charge in [0.2, 0.25) is 0 Å². The highest BCUT2D eigenvalue weighted by Gasteiger charge is 2.49. The zero-order valence-electron chi connectivity index (χ0n) is 32.3. The lowest BCUT2D eigenvalue weighted by Crippen LogP contribution is -2.25. The Balaban J connectivity index is 1.19. The van der Waals surface area contributed by atoms with Crippen molar-refractivity contribution in [2.45, 2.75) is 99.7 Å². The Hall–Kier alpha value is -5.02. The molecule has 0 saturated heterocycles. The molecule has 0 N–H and O–H groups in total. The Morgan fingerprint density at radius 2 is 0.789 bits per heavy atom. The summed E-state index contributed by atoms with van der Waals surface area (Å²) in [6, 6.07) is 35.6. The predicted molar refractivity (Wildman–Crippen MR) is 228 cm³/mol. The van der Waals surface area contributed by atoms with Gasteiger partial charge in [-0.15, -0.1) is 0 Å². The molecule has 276 valence electrons. The van der Waals surface area contributed by atoms with Crippen LogP contribution in [0.4, 0.5) is 0 Å². The fourth-order valence-corrected chi connectivity index (χ4v) is 16.1. The molecule has 3 nitrogen and oxygen atoms in total. The largest absolute Gasteiger partial charge is 0.304 e. The fourth-order valence-electron chi connectivity index (χ4n) is 16.1. The van der Waals surface area contributed by atoms with Gasteiger partial charge in [0.15, 0.2) is 0 Å². The number of pyridine rings is 2. The van der Waals surface area contributed by atoms with Crippen LogP contribution in [0, 0.1) is 23.7 Å². The van der Waals surface area contributed by atoms with Crippen LogP contribution in [-0.4, -0.2) is 14.4 Å². The molecule has 4 unspecified atom stereocenters. The van der Waals surface area contributed by atoms with Gasteiger partial charge in [-0.05, 0) is 156 Å². The number of fused-ring (bicyclic) bond motifs is 2. The van der Waals surface area contributed by atoms with Crippen LogP contribution in [0.1, 0.15) is 156 Å². The monoisotopic (exact) mass is 735 g/mol. The van der Waals surface area contributed by atoms with Crippen LogP contribution in [0.15, 0.2) is 91.0 Å². The molecule has 3 heteroatoms. The lowest BCUT2D eigenvalue weighted by molar-refractivity contribution is 0.165. The maximum absolute atomic E-state index is 6.25. The molecule has 9 aliphatic carbocycles. The smallest absolute Gasteiger partial charge is 0.0772 e. The van der Waals surface area contributed by atoms with Crippen LogP contribution >= 0.6 is 0 Å². The number of rotatable bonds is 1. The molecular formula is C54H45N3. The van der Waals surface area contributed by atoms with Crippen LogP contribution in [0.3, 0.4) is 0 Å². The lowest BCUT2D eigenvalue weighted by atomic mass is 9.67. The van der Waals surface area contributed by atoms with Crippen molar-refractivity contribution in [1.82, 2.24) is 14.4 Å². The molecule has 0 amide bonds. The average Bonchev–Trinajstić information content (AvgIpc) is 3.65. The summed E-state index contributed by atoms with van der Waals surface area (Å²) in [6.45, 7) is 0. The number of hydrogen-bond acceptors (Lipinski definition) is 2. The van der Waals surface area contributed by atoms with Gasteiger partial charge in [0.05, 0.1) is 39.8 Å². The summed E-state index contributed by atoms with van der Waals surface area (Å²) in [5.74, 6) is 5.84. The summed E-state index contributed by atoms with van der Waals surface area (Å²) in [5, 5.41) is 6.06.